The van der Waals surface area contributed by atoms with E-state index in [1.807, 2.05) is 52.0 Å². The Bertz CT molecular complexity index is 830. The summed E-state index contributed by atoms with van der Waals surface area (Å²) in [5.41, 5.74) is 1.03. The van der Waals surface area contributed by atoms with E-state index in [9.17, 15) is 4.79 Å². The van der Waals surface area contributed by atoms with Gasteiger partial charge in [-0.3, -0.25) is 0 Å². The molecular formula is C19H25BN2O5. The van der Waals surface area contributed by atoms with Crippen molar-refractivity contribution >= 4 is 18.6 Å². The Morgan fingerprint density at radius 2 is 1.89 bits per heavy atom. The lowest BCUT2D eigenvalue weighted by atomic mass is 9.79. The van der Waals surface area contributed by atoms with E-state index in [0.29, 0.717) is 5.88 Å². The molecule has 2 aromatic rings. The monoisotopic (exact) mass is 372 g/mol. The van der Waals surface area contributed by atoms with E-state index in [0.717, 1.165) is 11.2 Å². The zero-order valence-corrected chi connectivity index (χ0v) is 16.6. The molecule has 1 aromatic heterocycles. The number of hydrogen-bond acceptors (Lipinski definition) is 6. The van der Waals surface area contributed by atoms with Crippen LogP contribution in [0, 0.1) is 0 Å². The highest BCUT2D eigenvalue weighted by Gasteiger charge is 2.51. The quantitative estimate of drug-likeness (QED) is 0.593. The highest BCUT2D eigenvalue weighted by molar-refractivity contribution is 6.62. The van der Waals surface area contributed by atoms with Gasteiger partial charge in [0.05, 0.1) is 36.8 Å². The predicted octanol–water partition coefficient (Wildman–Crippen LogP) is 2.36. The molecule has 0 amide bonds. The summed E-state index contributed by atoms with van der Waals surface area (Å²) in [6.45, 7) is 10.1. The first-order valence-electron chi connectivity index (χ1n) is 8.95. The molecule has 27 heavy (non-hydrogen) atoms. The van der Waals surface area contributed by atoms with E-state index in [1.54, 1.807) is 11.6 Å². The highest BCUT2D eigenvalue weighted by atomic mass is 16.7. The number of ether oxygens (including phenoxy) is 2. The first kappa shape index (κ1) is 19.4. The van der Waals surface area contributed by atoms with Gasteiger partial charge in [-0.2, -0.15) is 5.10 Å². The number of esters is 1. The predicted molar refractivity (Wildman–Crippen MR) is 102 cm³/mol. The standard InChI is InChI=1S/C19H25BN2O5/c1-7-25-17(23)15-12-21-22(16(15)24-6)14-10-8-9-13(11-14)20-26-18(2,3)19(4,5)27-20/h8-12H,7H2,1-6H3. The van der Waals surface area contributed by atoms with E-state index in [-0.39, 0.29) is 12.2 Å². The van der Waals surface area contributed by atoms with Gasteiger partial charge >= 0.3 is 13.1 Å². The molecule has 3 rings (SSSR count). The van der Waals surface area contributed by atoms with Crippen molar-refractivity contribution < 1.29 is 23.6 Å². The Morgan fingerprint density at radius 1 is 1.22 bits per heavy atom. The molecule has 1 saturated heterocycles. The van der Waals surface area contributed by atoms with Crippen molar-refractivity contribution in [1.29, 1.82) is 0 Å². The number of benzene rings is 1. The molecule has 0 atom stereocenters. The summed E-state index contributed by atoms with van der Waals surface area (Å²) in [5, 5.41) is 4.29. The largest absolute Gasteiger partial charge is 0.494 e. The highest BCUT2D eigenvalue weighted by Crippen LogP contribution is 2.36. The van der Waals surface area contributed by atoms with Gasteiger partial charge in [0, 0.05) is 0 Å². The summed E-state index contributed by atoms with van der Waals surface area (Å²) in [5.74, 6) is -0.151. The van der Waals surface area contributed by atoms with Gasteiger partial charge in [0.1, 0.15) is 5.56 Å². The van der Waals surface area contributed by atoms with E-state index in [4.69, 9.17) is 18.8 Å². The Kier molecular flexibility index (Phi) is 5.05. The second-order valence-electron chi connectivity index (χ2n) is 7.38. The second-order valence-corrected chi connectivity index (χ2v) is 7.38. The lowest BCUT2D eigenvalue weighted by Crippen LogP contribution is -2.41. The van der Waals surface area contributed by atoms with Crippen LogP contribution in [0.3, 0.4) is 0 Å². The number of hydrogen-bond donors (Lipinski definition) is 0. The van der Waals surface area contributed by atoms with Crippen LogP contribution in [0.2, 0.25) is 0 Å². The summed E-state index contributed by atoms with van der Waals surface area (Å²) in [7, 11) is 1.01. The maximum absolute atomic E-state index is 12.1. The molecule has 8 heteroatoms. The smallest absolute Gasteiger partial charge is 0.480 e. The number of carbonyl (C=O) groups is 1. The molecule has 1 aliphatic rings. The first-order chi connectivity index (χ1) is 12.7. The molecule has 0 spiro atoms. The lowest BCUT2D eigenvalue weighted by molar-refractivity contribution is 0.00578. The molecule has 0 saturated carbocycles. The third-order valence-electron chi connectivity index (χ3n) is 5.05. The molecule has 2 heterocycles. The zero-order valence-electron chi connectivity index (χ0n) is 16.6. The van der Waals surface area contributed by atoms with Crippen LogP contribution in [0.5, 0.6) is 5.88 Å². The molecule has 0 radical (unpaired) electrons. The van der Waals surface area contributed by atoms with Crippen LogP contribution >= 0.6 is 0 Å². The molecule has 1 aliphatic heterocycles. The van der Waals surface area contributed by atoms with Crippen molar-refractivity contribution in [2.75, 3.05) is 13.7 Å². The zero-order chi connectivity index (χ0) is 19.8. The molecular weight excluding hydrogens is 347 g/mol. The minimum absolute atomic E-state index is 0.278. The number of methoxy groups -OCH3 is 1. The second kappa shape index (κ2) is 7.01. The minimum atomic E-state index is -0.485. The molecule has 1 fully saturated rings. The summed E-state index contributed by atoms with van der Waals surface area (Å²) in [4.78, 5) is 12.1. The number of aromatic nitrogens is 2. The van der Waals surface area contributed by atoms with E-state index in [2.05, 4.69) is 5.10 Å². The molecule has 1 aromatic carbocycles. The van der Waals surface area contributed by atoms with Crippen molar-refractivity contribution in [3.05, 3.63) is 36.0 Å². The average Bonchev–Trinajstić information content (AvgIpc) is 3.13. The summed E-state index contributed by atoms with van der Waals surface area (Å²) in [6.07, 6.45) is 1.44. The third-order valence-corrected chi connectivity index (χ3v) is 5.05. The van der Waals surface area contributed by atoms with E-state index < -0.39 is 24.3 Å². The van der Waals surface area contributed by atoms with Crippen LogP contribution in [0.25, 0.3) is 5.69 Å². The summed E-state index contributed by atoms with van der Waals surface area (Å²) >= 11 is 0. The number of carbonyl (C=O) groups excluding carboxylic acids is 1. The van der Waals surface area contributed by atoms with Gasteiger partial charge in [-0.1, -0.05) is 12.1 Å². The van der Waals surface area contributed by atoms with Gasteiger partial charge in [0.2, 0.25) is 5.88 Å². The summed E-state index contributed by atoms with van der Waals surface area (Å²) in [6, 6.07) is 7.61. The topological polar surface area (TPSA) is 71.8 Å². The van der Waals surface area contributed by atoms with Crippen LogP contribution < -0.4 is 10.2 Å². The van der Waals surface area contributed by atoms with Crippen LogP contribution in [-0.4, -0.2) is 47.8 Å². The molecule has 0 N–H and O–H groups in total. The SMILES string of the molecule is CCOC(=O)c1cnn(-c2cccc(B3OC(C)(C)C(C)(C)O3)c2)c1OC. The van der Waals surface area contributed by atoms with Gasteiger partial charge in [-0.05, 0) is 52.2 Å². The fourth-order valence-corrected chi connectivity index (χ4v) is 2.85. The van der Waals surface area contributed by atoms with Crippen molar-refractivity contribution in [3.63, 3.8) is 0 Å². The van der Waals surface area contributed by atoms with Crippen molar-refractivity contribution in [2.45, 2.75) is 45.8 Å². The average molecular weight is 372 g/mol. The molecule has 144 valence electrons. The number of nitrogens with zero attached hydrogens (tertiary/aromatic N) is 2. The van der Waals surface area contributed by atoms with Crippen molar-refractivity contribution in [1.82, 2.24) is 9.78 Å². The molecule has 0 unspecified atom stereocenters. The van der Waals surface area contributed by atoms with E-state index in [1.165, 1.54) is 13.3 Å². The van der Waals surface area contributed by atoms with Crippen LogP contribution in [-0.2, 0) is 14.0 Å². The van der Waals surface area contributed by atoms with Crippen LogP contribution in [0.15, 0.2) is 30.5 Å². The molecule has 0 bridgehead atoms. The number of rotatable bonds is 5. The molecule has 7 nitrogen and oxygen atoms in total. The van der Waals surface area contributed by atoms with Crippen molar-refractivity contribution in [3.8, 4) is 11.6 Å². The van der Waals surface area contributed by atoms with Crippen LogP contribution in [0.4, 0.5) is 0 Å². The van der Waals surface area contributed by atoms with Crippen LogP contribution in [0.1, 0.15) is 45.0 Å². The normalized spacial score (nSPS) is 17.8. The Hall–Kier alpha value is -2.32. The summed E-state index contributed by atoms with van der Waals surface area (Å²) < 4.78 is 24.3. The lowest BCUT2D eigenvalue weighted by Gasteiger charge is -2.32. The van der Waals surface area contributed by atoms with Gasteiger partial charge in [-0.25, -0.2) is 9.48 Å². The van der Waals surface area contributed by atoms with Crippen molar-refractivity contribution in [2.24, 2.45) is 0 Å². The Labute approximate surface area is 159 Å². The first-order valence-corrected chi connectivity index (χ1v) is 8.95. The van der Waals surface area contributed by atoms with E-state index >= 15 is 0 Å². The Morgan fingerprint density at radius 3 is 2.48 bits per heavy atom. The van der Waals surface area contributed by atoms with Gasteiger partial charge in [0.25, 0.3) is 0 Å². The van der Waals surface area contributed by atoms with Gasteiger partial charge < -0.3 is 18.8 Å². The minimum Gasteiger partial charge on any atom is -0.480 e. The maximum Gasteiger partial charge on any atom is 0.494 e. The maximum atomic E-state index is 12.1. The third kappa shape index (κ3) is 3.47. The van der Waals surface area contributed by atoms with Gasteiger partial charge in [0.15, 0.2) is 0 Å². The molecule has 0 aliphatic carbocycles. The van der Waals surface area contributed by atoms with Gasteiger partial charge in [-0.15, -0.1) is 0 Å². The Balaban J connectivity index is 1.94. The fraction of sp³-hybridized carbons (Fsp3) is 0.474. The fourth-order valence-electron chi connectivity index (χ4n) is 2.85.